The number of carbonyl (C=O) groups excluding carboxylic acids is 1. The summed E-state index contributed by atoms with van der Waals surface area (Å²) in [6.45, 7) is 5.63. The molecule has 0 aliphatic heterocycles. The van der Waals surface area contributed by atoms with Gasteiger partial charge in [-0.15, -0.1) is 0 Å². The Morgan fingerprint density at radius 1 is 1.90 bits per heavy atom. The van der Waals surface area contributed by atoms with Crippen LogP contribution in [0.4, 0.5) is 0 Å². The van der Waals surface area contributed by atoms with Gasteiger partial charge in [-0.05, 0) is 6.42 Å². The lowest BCUT2D eigenvalue weighted by Gasteiger charge is -2.04. The average Bonchev–Trinajstić information content (AvgIpc) is 1.98. The number of rotatable bonds is 4. The number of alkyl halides is 1. The van der Waals surface area contributed by atoms with E-state index in [0.29, 0.717) is 6.61 Å². The fourth-order valence-corrected chi connectivity index (χ4v) is 0.530. The molecular weight excluding hydrogens is 196 g/mol. The highest BCUT2D eigenvalue weighted by atomic mass is 79.9. The van der Waals surface area contributed by atoms with Crippen LogP contribution in [0.15, 0.2) is 12.7 Å². The van der Waals surface area contributed by atoms with Crippen molar-refractivity contribution in [3.05, 3.63) is 12.7 Å². The summed E-state index contributed by atoms with van der Waals surface area (Å²) >= 11 is 3.16. The minimum absolute atomic E-state index is 0.174. The average molecular weight is 207 g/mol. The second-order valence-corrected chi connectivity index (χ2v) is 2.90. The maximum Gasteiger partial charge on any atom is 0.320 e. The molecule has 0 bridgehead atoms. The molecule has 0 saturated carbocycles. The number of ether oxygens (including phenoxy) is 1. The van der Waals surface area contributed by atoms with Gasteiger partial charge in [0.05, 0.1) is 0 Å². The summed E-state index contributed by atoms with van der Waals surface area (Å²) < 4.78 is 4.74. The van der Waals surface area contributed by atoms with E-state index in [1.807, 2.05) is 6.92 Å². The van der Waals surface area contributed by atoms with E-state index >= 15 is 0 Å². The Hall–Kier alpha value is -0.310. The predicted octanol–water partition coefficient (Wildman–Crippen LogP) is 1.89. The summed E-state index contributed by atoms with van der Waals surface area (Å²) in [4.78, 5) is 10.6. The molecular formula is C7H11BrO2. The van der Waals surface area contributed by atoms with Crippen molar-refractivity contribution < 1.29 is 9.53 Å². The van der Waals surface area contributed by atoms with Crippen LogP contribution >= 0.6 is 15.9 Å². The van der Waals surface area contributed by atoms with Gasteiger partial charge >= 0.3 is 5.97 Å². The van der Waals surface area contributed by atoms with Crippen LogP contribution < -0.4 is 0 Å². The van der Waals surface area contributed by atoms with Gasteiger partial charge in [-0.1, -0.05) is 35.5 Å². The van der Waals surface area contributed by atoms with E-state index in [4.69, 9.17) is 4.74 Å². The number of hydrogen-bond acceptors (Lipinski definition) is 2. The summed E-state index contributed by atoms with van der Waals surface area (Å²) in [6.07, 6.45) is 2.29. The molecule has 0 aliphatic rings. The van der Waals surface area contributed by atoms with E-state index in [0.717, 1.165) is 6.42 Å². The third kappa shape index (κ3) is 3.67. The maximum absolute atomic E-state index is 10.8. The van der Waals surface area contributed by atoms with Crippen molar-refractivity contribution in [3.8, 4) is 0 Å². The van der Waals surface area contributed by atoms with E-state index in [1.165, 1.54) is 0 Å². The Morgan fingerprint density at radius 3 is 2.90 bits per heavy atom. The standard InChI is InChI=1S/C7H11BrO2/c1-3-5-10-7(9)6(8)4-2/h3,6H,1,4-5H2,2H3/t6-/m0/s1. The van der Waals surface area contributed by atoms with Gasteiger partial charge in [0, 0.05) is 0 Å². The molecule has 0 fully saturated rings. The molecule has 3 heteroatoms. The van der Waals surface area contributed by atoms with Gasteiger partial charge in [-0.2, -0.15) is 0 Å². The first kappa shape index (κ1) is 9.69. The minimum atomic E-state index is -0.220. The largest absolute Gasteiger partial charge is 0.461 e. The van der Waals surface area contributed by atoms with E-state index in [9.17, 15) is 4.79 Å². The smallest absolute Gasteiger partial charge is 0.320 e. The monoisotopic (exact) mass is 206 g/mol. The number of halogens is 1. The molecule has 0 rings (SSSR count). The molecule has 0 aromatic rings. The van der Waals surface area contributed by atoms with Crippen molar-refractivity contribution in [2.75, 3.05) is 6.61 Å². The lowest BCUT2D eigenvalue weighted by molar-refractivity contribution is -0.141. The third-order valence-electron chi connectivity index (χ3n) is 0.958. The number of esters is 1. The normalized spacial score (nSPS) is 12.2. The molecule has 0 aromatic heterocycles. The quantitative estimate of drug-likeness (QED) is 0.399. The van der Waals surface area contributed by atoms with Crippen molar-refractivity contribution in [1.82, 2.24) is 0 Å². The SMILES string of the molecule is C=CCOC(=O)[C@@H](Br)CC. The van der Waals surface area contributed by atoms with Gasteiger partial charge in [-0.3, -0.25) is 4.79 Å². The molecule has 0 spiro atoms. The molecule has 0 aliphatic carbocycles. The van der Waals surface area contributed by atoms with E-state index in [2.05, 4.69) is 22.5 Å². The van der Waals surface area contributed by atoms with Crippen LogP contribution in [0.2, 0.25) is 0 Å². The van der Waals surface area contributed by atoms with Crippen LogP contribution in [0.5, 0.6) is 0 Å². The Bertz CT molecular complexity index is 123. The van der Waals surface area contributed by atoms with E-state index < -0.39 is 0 Å². The van der Waals surface area contributed by atoms with Gasteiger partial charge in [0.1, 0.15) is 11.4 Å². The molecule has 1 atom stereocenters. The zero-order valence-electron chi connectivity index (χ0n) is 5.97. The van der Waals surface area contributed by atoms with Crippen molar-refractivity contribution in [3.63, 3.8) is 0 Å². The molecule has 10 heavy (non-hydrogen) atoms. The second kappa shape index (κ2) is 5.47. The summed E-state index contributed by atoms with van der Waals surface area (Å²) in [5.41, 5.74) is 0. The highest BCUT2D eigenvalue weighted by molar-refractivity contribution is 9.10. The van der Waals surface area contributed by atoms with Crippen LogP contribution in [-0.2, 0) is 9.53 Å². The number of hydrogen-bond donors (Lipinski definition) is 0. The molecule has 0 N–H and O–H groups in total. The summed E-state index contributed by atoms with van der Waals surface area (Å²) in [5, 5.41) is 0. The van der Waals surface area contributed by atoms with Gasteiger partial charge in [0.15, 0.2) is 0 Å². The zero-order valence-corrected chi connectivity index (χ0v) is 7.56. The van der Waals surface area contributed by atoms with Crippen molar-refractivity contribution >= 4 is 21.9 Å². The van der Waals surface area contributed by atoms with Gasteiger partial charge in [0.25, 0.3) is 0 Å². The summed E-state index contributed by atoms with van der Waals surface area (Å²) in [5.74, 6) is -0.220. The van der Waals surface area contributed by atoms with Crippen LogP contribution in [0.25, 0.3) is 0 Å². The molecule has 0 radical (unpaired) electrons. The van der Waals surface area contributed by atoms with Crippen molar-refractivity contribution in [2.45, 2.75) is 18.2 Å². The minimum Gasteiger partial charge on any atom is -0.461 e. The molecule has 58 valence electrons. The first-order valence-corrected chi connectivity index (χ1v) is 4.05. The second-order valence-electron chi connectivity index (χ2n) is 1.79. The molecule has 0 amide bonds. The summed E-state index contributed by atoms with van der Waals surface area (Å²) in [6, 6.07) is 0. The number of carbonyl (C=O) groups is 1. The Balaban J connectivity index is 3.51. The lowest BCUT2D eigenvalue weighted by atomic mass is 10.3. The van der Waals surface area contributed by atoms with Crippen molar-refractivity contribution in [1.29, 1.82) is 0 Å². The molecule has 2 nitrogen and oxygen atoms in total. The fraction of sp³-hybridized carbons (Fsp3) is 0.571. The lowest BCUT2D eigenvalue weighted by Crippen LogP contribution is -2.16. The van der Waals surface area contributed by atoms with Crippen LogP contribution in [0.3, 0.4) is 0 Å². The summed E-state index contributed by atoms with van der Waals surface area (Å²) in [7, 11) is 0. The van der Waals surface area contributed by atoms with Crippen LogP contribution in [-0.4, -0.2) is 17.4 Å². The molecule has 0 heterocycles. The predicted molar refractivity (Wildman–Crippen MR) is 44.2 cm³/mol. The Morgan fingerprint density at radius 2 is 2.50 bits per heavy atom. The van der Waals surface area contributed by atoms with Crippen LogP contribution in [0.1, 0.15) is 13.3 Å². The van der Waals surface area contributed by atoms with Crippen molar-refractivity contribution in [2.24, 2.45) is 0 Å². The van der Waals surface area contributed by atoms with Crippen LogP contribution in [0, 0.1) is 0 Å². The highest BCUT2D eigenvalue weighted by Gasteiger charge is 2.12. The van der Waals surface area contributed by atoms with E-state index in [-0.39, 0.29) is 10.8 Å². The highest BCUT2D eigenvalue weighted by Crippen LogP contribution is 2.05. The maximum atomic E-state index is 10.8. The van der Waals surface area contributed by atoms with Gasteiger partial charge in [0.2, 0.25) is 0 Å². The van der Waals surface area contributed by atoms with Gasteiger partial charge < -0.3 is 4.74 Å². The zero-order chi connectivity index (χ0) is 7.98. The first-order valence-electron chi connectivity index (χ1n) is 3.14. The topological polar surface area (TPSA) is 26.3 Å². The molecule has 0 unspecified atom stereocenters. The molecule has 0 aromatic carbocycles. The molecule has 0 saturated heterocycles. The van der Waals surface area contributed by atoms with Gasteiger partial charge in [-0.25, -0.2) is 0 Å². The van der Waals surface area contributed by atoms with E-state index in [1.54, 1.807) is 6.08 Å². The third-order valence-corrected chi connectivity index (χ3v) is 1.98. The first-order chi connectivity index (χ1) is 4.72. The Labute approximate surface area is 69.4 Å². The Kier molecular flexibility index (Phi) is 5.30. The fourth-order valence-electron chi connectivity index (χ4n) is 0.398.